The number of ether oxygens (including phenoxy) is 1. The van der Waals surface area contributed by atoms with E-state index in [1.165, 1.54) is 0 Å². The summed E-state index contributed by atoms with van der Waals surface area (Å²) in [6.07, 6.45) is 2.22. The van der Waals surface area contributed by atoms with Crippen LogP contribution in [0.2, 0.25) is 5.02 Å². The van der Waals surface area contributed by atoms with Crippen LogP contribution in [0.3, 0.4) is 0 Å². The maximum absolute atomic E-state index is 13.3. The average molecular weight is 397 g/mol. The fraction of sp³-hybridized carbons (Fsp3) is 0.375. The van der Waals surface area contributed by atoms with Gasteiger partial charge in [-0.2, -0.15) is 0 Å². The Hall–Kier alpha value is -2.10. The molecule has 0 atom stereocenters. The molecule has 1 aliphatic heterocycles. The molecule has 4 heteroatoms. The van der Waals surface area contributed by atoms with Gasteiger partial charge in [0.25, 0.3) is 0 Å². The largest absolute Gasteiger partial charge is 0.508 e. The Morgan fingerprint density at radius 1 is 0.964 bits per heavy atom. The Morgan fingerprint density at radius 3 is 2.18 bits per heavy atom. The highest BCUT2D eigenvalue weighted by Gasteiger charge is 2.47. The third-order valence-corrected chi connectivity index (χ3v) is 5.86. The zero-order valence-electron chi connectivity index (χ0n) is 16.7. The lowest BCUT2D eigenvalue weighted by molar-refractivity contribution is -0.158. The molecule has 1 N–H and O–H groups in total. The highest BCUT2D eigenvalue weighted by molar-refractivity contribution is 6.30. The third kappa shape index (κ3) is 3.27. The molecule has 0 aromatic heterocycles. The second kappa shape index (κ2) is 6.47. The number of hydrogen-bond donors (Lipinski definition) is 1. The minimum atomic E-state index is -0.998. The summed E-state index contributed by atoms with van der Waals surface area (Å²) in [6, 6.07) is 13.8. The lowest BCUT2D eigenvalue weighted by Gasteiger charge is -2.40. The number of aliphatic hydroxyl groups is 1. The summed E-state index contributed by atoms with van der Waals surface area (Å²) in [7, 11) is 0. The van der Waals surface area contributed by atoms with Crippen LogP contribution in [-0.2, 0) is 9.53 Å². The summed E-state index contributed by atoms with van der Waals surface area (Å²) in [5.41, 5.74) is 2.42. The van der Waals surface area contributed by atoms with Crippen molar-refractivity contribution in [3.8, 4) is 11.1 Å². The Bertz CT molecular complexity index is 979. The van der Waals surface area contributed by atoms with Gasteiger partial charge in [-0.25, -0.2) is 0 Å². The monoisotopic (exact) mass is 396 g/mol. The maximum Gasteiger partial charge on any atom is 0.198 e. The molecular weight excluding hydrogens is 372 g/mol. The summed E-state index contributed by atoms with van der Waals surface area (Å²) in [6.45, 7) is 7.14. The van der Waals surface area contributed by atoms with Crippen LogP contribution >= 0.6 is 11.6 Å². The van der Waals surface area contributed by atoms with Crippen molar-refractivity contribution in [3.63, 3.8) is 0 Å². The van der Waals surface area contributed by atoms with Crippen LogP contribution in [0.5, 0.6) is 0 Å². The van der Waals surface area contributed by atoms with Crippen molar-refractivity contribution in [2.24, 2.45) is 0 Å². The van der Waals surface area contributed by atoms with Crippen molar-refractivity contribution in [2.75, 3.05) is 0 Å². The predicted molar refractivity (Wildman–Crippen MR) is 113 cm³/mol. The van der Waals surface area contributed by atoms with Crippen LogP contribution in [0.4, 0.5) is 0 Å². The Kier molecular flexibility index (Phi) is 4.44. The van der Waals surface area contributed by atoms with Crippen molar-refractivity contribution in [1.29, 1.82) is 0 Å². The van der Waals surface area contributed by atoms with Crippen molar-refractivity contribution in [3.05, 3.63) is 64.4 Å². The molecule has 2 aliphatic rings. The van der Waals surface area contributed by atoms with Gasteiger partial charge in [0.2, 0.25) is 0 Å². The van der Waals surface area contributed by atoms with Crippen molar-refractivity contribution in [2.45, 2.75) is 57.7 Å². The van der Waals surface area contributed by atoms with E-state index >= 15 is 0 Å². The van der Waals surface area contributed by atoms with Gasteiger partial charge in [0.05, 0.1) is 5.57 Å². The van der Waals surface area contributed by atoms with Crippen LogP contribution in [0.15, 0.2) is 48.2 Å². The summed E-state index contributed by atoms with van der Waals surface area (Å²) in [5, 5.41) is 11.7. The number of benzene rings is 2. The number of rotatable bonds is 3. The van der Waals surface area contributed by atoms with Crippen molar-refractivity contribution < 1.29 is 14.6 Å². The molecular formula is C24H25ClO3. The Balaban J connectivity index is 1.93. The zero-order valence-corrected chi connectivity index (χ0v) is 17.4. The summed E-state index contributed by atoms with van der Waals surface area (Å²) < 4.78 is 5.91. The van der Waals surface area contributed by atoms with E-state index < -0.39 is 11.2 Å². The number of halogens is 1. The Morgan fingerprint density at radius 2 is 1.57 bits per heavy atom. The standard InChI is InChI=1S/C24H25ClO3/c1-23(2)21(26)20(22(27)24(3,4)28-23)19-13-16(9-12-18(19)15-5-6-15)14-7-10-17(25)11-8-14/h7-13,15,26H,5-6H2,1-4H3. The van der Waals surface area contributed by atoms with Crippen LogP contribution < -0.4 is 0 Å². The van der Waals surface area contributed by atoms with Crippen LogP contribution in [0, 0.1) is 0 Å². The molecule has 0 spiro atoms. The molecule has 0 unspecified atom stereocenters. The van der Waals surface area contributed by atoms with Gasteiger partial charge in [0.15, 0.2) is 5.78 Å². The first-order valence-electron chi connectivity index (χ1n) is 9.69. The molecule has 1 heterocycles. The lowest BCUT2D eigenvalue weighted by atomic mass is 9.80. The van der Waals surface area contributed by atoms with E-state index in [-0.39, 0.29) is 11.5 Å². The second-order valence-electron chi connectivity index (χ2n) is 8.76. The number of ketones is 1. The zero-order chi connectivity index (χ0) is 20.3. The molecule has 0 bridgehead atoms. The summed E-state index contributed by atoms with van der Waals surface area (Å²) in [4.78, 5) is 13.3. The van der Waals surface area contributed by atoms with Crippen LogP contribution in [0.1, 0.15) is 57.6 Å². The van der Waals surface area contributed by atoms with E-state index in [0.717, 1.165) is 35.1 Å². The first-order valence-corrected chi connectivity index (χ1v) is 10.1. The number of carbonyl (C=O) groups excluding carboxylic acids is 1. The summed E-state index contributed by atoms with van der Waals surface area (Å²) in [5.74, 6) is 0.267. The van der Waals surface area contributed by atoms with Crippen LogP contribution in [-0.4, -0.2) is 22.1 Å². The van der Waals surface area contributed by atoms with E-state index in [2.05, 4.69) is 12.1 Å². The SMILES string of the molecule is CC1(C)OC(C)(C)C(O)=C(c2cc(-c3ccc(Cl)cc3)ccc2C2CC2)C1=O. The minimum Gasteiger partial charge on any atom is -0.508 e. The molecule has 1 saturated carbocycles. The normalized spacial score (nSPS) is 21.1. The smallest absolute Gasteiger partial charge is 0.198 e. The summed E-state index contributed by atoms with van der Waals surface area (Å²) >= 11 is 6.03. The van der Waals surface area contributed by atoms with Gasteiger partial charge in [-0.15, -0.1) is 0 Å². The molecule has 146 valence electrons. The van der Waals surface area contributed by atoms with Gasteiger partial charge in [-0.3, -0.25) is 4.79 Å². The second-order valence-corrected chi connectivity index (χ2v) is 9.20. The quantitative estimate of drug-likeness (QED) is 0.661. The van der Waals surface area contributed by atoms with E-state index in [1.54, 1.807) is 27.7 Å². The Labute approximate surface area is 171 Å². The predicted octanol–water partition coefficient (Wildman–Crippen LogP) is 6.31. The topological polar surface area (TPSA) is 46.5 Å². The van der Waals surface area contributed by atoms with Crippen molar-refractivity contribution >= 4 is 23.0 Å². The fourth-order valence-corrected chi connectivity index (χ4v) is 4.16. The van der Waals surface area contributed by atoms with Gasteiger partial charge < -0.3 is 9.84 Å². The van der Waals surface area contributed by atoms with E-state index in [1.807, 2.05) is 30.3 Å². The van der Waals surface area contributed by atoms with Gasteiger partial charge in [-0.1, -0.05) is 35.9 Å². The van der Waals surface area contributed by atoms with E-state index in [9.17, 15) is 9.90 Å². The highest BCUT2D eigenvalue weighted by Crippen LogP contribution is 2.47. The fourth-order valence-electron chi connectivity index (χ4n) is 4.04. The van der Waals surface area contributed by atoms with E-state index in [0.29, 0.717) is 16.5 Å². The average Bonchev–Trinajstić information content (AvgIpc) is 3.45. The maximum atomic E-state index is 13.3. The molecule has 0 saturated heterocycles. The van der Waals surface area contributed by atoms with Gasteiger partial charge in [0, 0.05) is 5.02 Å². The highest BCUT2D eigenvalue weighted by atomic mass is 35.5. The molecule has 2 aromatic carbocycles. The first kappa shape index (κ1) is 19.2. The molecule has 2 aromatic rings. The van der Waals surface area contributed by atoms with Crippen molar-refractivity contribution in [1.82, 2.24) is 0 Å². The molecule has 1 fully saturated rings. The van der Waals surface area contributed by atoms with Gasteiger partial charge in [0.1, 0.15) is 17.0 Å². The first-order chi connectivity index (χ1) is 13.1. The van der Waals surface area contributed by atoms with Gasteiger partial charge in [-0.05, 0) is 86.9 Å². The lowest BCUT2D eigenvalue weighted by Crippen LogP contribution is -2.49. The minimum absolute atomic E-state index is 0.00646. The van der Waals surface area contributed by atoms with Gasteiger partial charge >= 0.3 is 0 Å². The van der Waals surface area contributed by atoms with E-state index in [4.69, 9.17) is 16.3 Å². The number of hydrogen-bond acceptors (Lipinski definition) is 3. The number of Topliss-reactive ketones (excluding diaryl/α,β-unsaturated/α-hetero) is 1. The molecule has 0 amide bonds. The third-order valence-electron chi connectivity index (χ3n) is 5.61. The molecule has 4 rings (SSSR count). The molecule has 1 aliphatic carbocycles. The molecule has 3 nitrogen and oxygen atoms in total. The number of carbonyl (C=O) groups is 1. The number of aliphatic hydroxyl groups excluding tert-OH is 1. The molecule has 28 heavy (non-hydrogen) atoms. The molecule has 0 radical (unpaired) electrons. The van der Waals surface area contributed by atoms with Crippen LogP contribution in [0.25, 0.3) is 16.7 Å².